The number of benzene rings is 2. The molecule has 1 N–H and O–H groups in total. The first-order chi connectivity index (χ1) is 9.56. The molecule has 0 radical (unpaired) electrons. The topological polar surface area (TPSA) is 38.3 Å². The molecule has 0 heterocycles. The normalized spacial score (nSPS) is 11.8. The van der Waals surface area contributed by atoms with Crippen molar-refractivity contribution in [2.24, 2.45) is 0 Å². The summed E-state index contributed by atoms with van der Waals surface area (Å²) in [4.78, 5) is 12.1. The van der Waals surface area contributed by atoms with Gasteiger partial charge < -0.3 is 10.1 Å². The summed E-state index contributed by atoms with van der Waals surface area (Å²) in [5, 5.41) is 2.81. The van der Waals surface area contributed by atoms with Crippen LogP contribution in [0.25, 0.3) is 0 Å². The van der Waals surface area contributed by atoms with Gasteiger partial charge in [0.05, 0.1) is 4.47 Å². The fourth-order valence-electron chi connectivity index (χ4n) is 1.59. The Morgan fingerprint density at radius 1 is 1.15 bits per heavy atom. The molecule has 1 unspecified atom stereocenters. The molecule has 0 fully saturated rings. The van der Waals surface area contributed by atoms with Gasteiger partial charge in [0.1, 0.15) is 5.75 Å². The highest BCUT2D eigenvalue weighted by Crippen LogP contribution is 2.25. The van der Waals surface area contributed by atoms with Crippen LogP contribution in [0, 0.1) is 0 Å². The Balaban J connectivity index is 2.01. The summed E-state index contributed by atoms with van der Waals surface area (Å²) in [5.74, 6) is 0.447. The van der Waals surface area contributed by atoms with Crippen molar-refractivity contribution < 1.29 is 9.53 Å². The molecule has 0 saturated carbocycles. The SMILES string of the molecule is CC(Oc1ccccc1Br)C(=O)Nc1cccc(Br)c1. The number of rotatable bonds is 4. The molecule has 0 saturated heterocycles. The highest BCUT2D eigenvalue weighted by atomic mass is 79.9. The van der Waals surface area contributed by atoms with Gasteiger partial charge in [-0.2, -0.15) is 0 Å². The average molecular weight is 399 g/mol. The van der Waals surface area contributed by atoms with Crippen molar-refractivity contribution in [3.8, 4) is 5.75 Å². The van der Waals surface area contributed by atoms with Crippen LogP contribution in [0.5, 0.6) is 5.75 Å². The van der Waals surface area contributed by atoms with E-state index in [1.165, 1.54) is 0 Å². The maximum absolute atomic E-state index is 12.1. The molecule has 104 valence electrons. The molecule has 1 atom stereocenters. The second kappa shape index (κ2) is 6.90. The molecule has 2 aromatic carbocycles. The molecule has 3 nitrogen and oxygen atoms in total. The lowest BCUT2D eigenvalue weighted by molar-refractivity contribution is -0.122. The van der Waals surface area contributed by atoms with Crippen molar-refractivity contribution in [1.82, 2.24) is 0 Å². The van der Waals surface area contributed by atoms with Gasteiger partial charge in [0.15, 0.2) is 6.10 Å². The molecule has 0 aliphatic rings. The Bertz CT molecular complexity index is 616. The van der Waals surface area contributed by atoms with Crippen LogP contribution in [0.3, 0.4) is 0 Å². The smallest absolute Gasteiger partial charge is 0.265 e. The molecule has 1 amide bonds. The molecule has 0 aliphatic carbocycles. The van der Waals surface area contributed by atoms with E-state index in [4.69, 9.17) is 4.74 Å². The predicted molar refractivity (Wildman–Crippen MR) is 87.0 cm³/mol. The molecule has 2 aromatic rings. The summed E-state index contributed by atoms with van der Waals surface area (Å²) in [6.07, 6.45) is -0.590. The maximum Gasteiger partial charge on any atom is 0.265 e. The molecule has 0 aliphatic heterocycles. The Hall–Kier alpha value is -1.33. The van der Waals surface area contributed by atoms with E-state index in [9.17, 15) is 4.79 Å². The zero-order chi connectivity index (χ0) is 14.5. The van der Waals surface area contributed by atoms with Crippen LogP contribution in [0.15, 0.2) is 57.5 Å². The third kappa shape index (κ3) is 4.08. The van der Waals surface area contributed by atoms with E-state index >= 15 is 0 Å². The zero-order valence-corrected chi connectivity index (χ0v) is 13.9. The van der Waals surface area contributed by atoms with Crippen molar-refractivity contribution in [2.75, 3.05) is 5.32 Å². The monoisotopic (exact) mass is 397 g/mol. The molecule has 0 spiro atoms. The highest BCUT2D eigenvalue weighted by molar-refractivity contribution is 9.10. The lowest BCUT2D eigenvalue weighted by atomic mass is 10.3. The first kappa shape index (κ1) is 15.1. The first-order valence-electron chi connectivity index (χ1n) is 6.04. The van der Waals surface area contributed by atoms with Crippen molar-refractivity contribution in [3.05, 3.63) is 57.5 Å². The second-order valence-electron chi connectivity index (χ2n) is 4.19. The quantitative estimate of drug-likeness (QED) is 0.815. The number of para-hydroxylation sites is 1. The van der Waals surface area contributed by atoms with Gasteiger partial charge in [0.2, 0.25) is 0 Å². The summed E-state index contributed by atoms with van der Waals surface area (Å²) >= 11 is 6.75. The lowest BCUT2D eigenvalue weighted by Gasteiger charge is -2.15. The van der Waals surface area contributed by atoms with Gasteiger partial charge in [0.25, 0.3) is 5.91 Å². The Morgan fingerprint density at radius 2 is 1.90 bits per heavy atom. The first-order valence-corrected chi connectivity index (χ1v) is 7.62. The van der Waals surface area contributed by atoms with Crippen LogP contribution in [-0.4, -0.2) is 12.0 Å². The van der Waals surface area contributed by atoms with E-state index in [1.54, 1.807) is 6.92 Å². The molecule has 20 heavy (non-hydrogen) atoms. The van der Waals surface area contributed by atoms with Crippen molar-refractivity contribution in [2.45, 2.75) is 13.0 Å². The van der Waals surface area contributed by atoms with Crippen molar-refractivity contribution in [1.29, 1.82) is 0 Å². The minimum absolute atomic E-state index is 0.196. The van der Waals surface area contributed by atoms with Gasteiger partial charge in [-0.25, -0.2) is 0 Å². The Labute approximate surface area is 134 Å². The summed E-state index contributed by atoms with van der Waals surface area (Å²) in [7, 11) is 0. The minimum Gasteiger partial charge on any atom is -0.480 e. The number of carbonyl (C=O) groups excluding carboxylic acids is 1. The Kier molecular flexibility index (Phi) is 5.20. The molecule has 5 heteroatoms. The van der Waals surface area contributed by atoms with E-state index < -0.39 is 6.10 Å². The van der Waals surface area contributed by atoms with Crippen molar-refractivity contribution in [3.63, 3.8) is 0 Å². The van der Waals surface area contributed by atoms with E-state index in [2.05, 4.69) is 37.2 Å². The van der Waals surface area contributed by atoms with Gasteiger partial charge in [0, 0.05) is 10.2 Å². The van der Waals surface area contributed by atoms with E-state index in [0.29, 0.717) is 5.75 Å². The fourth-order valence-corrected chi connectivity index (χ4v) is 2.37. The molecule has 2 rings (SSSR count). The standard InChI is InChI=1S/C15H13Br2NO2/c1-10(20-14-8-3-2-7-13(14)17)15(19)18-12-6-4-5-11(16)9-12/h2-10H,1H3,(H,18,19). The van der Waals surface area contributed by atoms with Crippen LogP contribution < -0.4 is 10.1 Å². The van der Waals surface area contributed by atoms with Gasteiger partial charge in [-0.15, -0.1) is 0 Å². The Morgan fingerprint density at radius 3 is 2.60 bits per heavy atom. The molecule has 0 aromatic heterocycles. The van der Waals surface area contributed by atoms with Crippen LogP contribution in [-0.2, 0) is 4.79 Å². The number of anilines is 1. The van der Waals surface area contributed by atoms with Crippen molar-refractivity contribution >= 4 is 43.5 Å². The largest absolute Gasteiger partial charge is 0.480 e. The van der Waals surface area contributed by atoms with E-state index in [0.717, 1.165) is 14.6 Å². The number of ether oxygens (including phenoxy) is 1. The maximum atomic E-state index is 12.1. The predicted octanol–water partition coefficient (Wildman–Crippen LogP) is 4.62. The number of halogens is 2. The van der Waals surface area contributed by atoms with Gasteiger partial charge in [-0.05, 0) is 53.2 Å². The summed E-state index contributed by atoms with van der Waals surface area (Å²) in [5.41, 5.74) is 0.729. The van der Waals surface area contributed by atoms with Gasteiger partial charge in [-0.3, -0.25) is 4.79 Å². The summed E-state index contributed by atoms with van der Waals surface area (Å²) in [6.45, 7) is 1.72. The highest BCUT2D eigenvalue weighted by Gasteiger charge is 2.16. The number of hydrogen-bond acceptors (Lipinski definition) is 2. The summed E-state index contributed by atoms with van der Waals surface area (Å²) in [6, 6.07) is 14.9. The zero-order valence-electron chi connectivity index (χ0n) is 10.8. The fraction of sp³-hybridized carbons (Fsp3) is 0.133. The van der Waals surface area contributed by atoms with Gasteiger partial charge in [-0.1, -0.05) is 34.1 Å². The third-order valence-electron chi connectivity index (χ3n) is 2.60. The van der Waals surface area contributed by atoms with Crippen LogP contribution in [0.4, 0.5) is 5.69 Å². The number of hydrogen-bond donors (Lipinski definition) is 1. The molecule has 0 bridgehead atoms. The van der Waals surface area contributed by atoms with Crippen LogP contribution in [0.2, 0.25) is 0 Å². The third-order valence-corrected chi connectivity index (χ3v) is 3.75. The average Bonchev–Trinajstić information content (AvgIpc) is 2.41. The number of amides is 1. The van der Waals surface area contributed by atoms with E-state index in [1.807, 2.05) is 48.5 Å². The van der Waals surface area contributed by atoms with Crippen LogP contribution in [0.1, 0.15) is 6.92 Å². The van der Waals surface area contributed by atoms with E-state index in [-0.39, 0.29) is 5.91 Å². The lowest BCUT2D eigenvalue weighted by Crippen LogP contribution is -2.30. The second-order valence-corrected chi connectivity index (χ2v) is 5.96. The van der Waals surface area contributed by atoms with Crippen LogP contribution >= 0.6 is 31.9 Å². The number of carbonyl (C=O) groups is 1. The summed E-state index contributed by atoms with van der Waals surface area (Å²) < 4.78 is 7.37. The molecular formula is C15H13Br2NO2. The minimum atomic E-state index is -0.590. The van der Waals surface area contributed by atoms with Gasteiger partial charge >= 0.3 is 0 Å². The molecular weight excluding hydrogens is 386 g/mol. The number of nitrogens with one attached hydrogen (secondary N) is 1.